The number of nitrogen functional groups attached to an aromatic ring is 1. The first kappa shape index (κ1) is 12.8. The molecule has 3 N–H and O–H groups in total. The molecule has 1 aromatic heterocycles. The summed E-state index contributed by atoms with van der Waals surface area (Å²) in [6.07, 6.45) is -3.14. The van der Waals surface area contributed by atoms with Gasteiger partial charge in [0.25, 0.3) is 6.43 Å². The van der Waals surface area contributed by atoms with Crippen molar-refractivity contribution in [1.82, 2.24) is 4.98 Å². The molecule has 0 bridgehead atoms. The number of carbonyl (C=O) groups is 1. The van der Waals surface area contributed by atoms with Gasteiger partial charge in [-0.15, -0.1) is 0 Å². The highest BCUT2D eigenvalue weighted by Gasteiger charge is 2.16. The second-order valence-electron chi connectivity index (χ2n) is 3.07. The molecule has 1 aromatic rings. The van der Waals surface area contributed by atoms with Gasteiger partial charge in [0, 0.05) is 5.33 Å². The summed E-state index contributed by atoms with van der Waals surface area (Å²) < 4.78 is 24.9. The predicted octanol–water partition coefficient (Wildman–Crippen LogP) is 2.12. The summed E-state index contributed by atoms with van der Waals surface area (Å²) in [6, 6.07) is 1.03. The van der Waals surface area contributed by atoms with Crippen LogP contribution in [0.15, 0.2) is 6.07 Å². The van der Waals surface area contributed by atoms with E-state index in [0.717, 1.165) is 6.07 Å². The van der Waals surface area contributed by atoms with Crippen molar-refractivity contribution in [2.24, 2.45) is 0 Å². The predicted molar refractivity (Wildman–Crippen MR) is 57.6 cm³/mol. The zero-order valence-electron chi connectivity index (χ0n) is 8.08. The molecular formula is C9H9BrF2N2O2. The molecule has 1 rings (SSSR count). The smallest absolute Gasteiger partial charge is 0.307 e. The highest BCUT2D eigenvalue weighted by atomic mass is 79.9. The van der Waals surface area contributed by atoms with Crippen LogP contribution in [0.25, 0.3) is 0 Å². The van der Waals surface area contributed by atoms with E-state index in [1.54, 1.807) is 0 Å². The highest BCUT2D eigenvalue weighted by molar-refractivity contribution is 9.08. The van der Waals surface area contributed by atoms with Crippen molar-refractivity contribution >= 4 is 27.6 Å². The number of hydrogen-bond acceptors (Lipinski definition) is 3. The van der Waals surface area contributed by atoms with Crippen molar-refractivity contribution < 1.29 is 18.7 Å². The van der Waals surface area contributed by atoms with Crippen molar-refractivity contribution in [3.05, 3.63) is 23.0 Å². The fraction of sp³-hybridized carbons (Fsp3) is 0.333. The zero-order chi connectivity index (χ0) is 12.3. The molecule has 0 saturated heterocycles. The van der Waals surface area contributed by atoms with Gasteiger partial charge in [-0.05, 0) is 11.6 Å². The number of hydrogen-bond donors (Lipinski definition) is 2. The van der Waals surface area contributed by atoms with Gasteiger partial charge in [0.2, 0.25) is 0 Å². The highest BCUT2D eigenvalue weighted by Crippen LogP contribution is 2.25. The molecule has 0 radical (unpaired) electrons. The minimum Gasteiger partial charge on any atom is -0.481 e. The molecule has 0 saturated carbocycles. The Bertz CT molecular complexity index is 413. The third-order valence-electron chi connectivity index (χ3n) is 1.93. The number of nitrogens with zero attached hydrogens (tertiary/aromatic N) is 1. The summed E-state index contributed by atoms with van der Waals surface area (Å²) >= 11 is 3.06. The van der Waals surface area contributed by atoms with Crippen LogP contribution in [0.1, 0.15) is 23.4 Å². The van der Waals surface area contributed by atoms with Crippen molar-refractivity contribution in [2.75, 3.05) is 5.73 Å². The first-order chi connectivity index (χ1) is 7.45. The van der Waals surface area contributed by atoms with Gasteiger partial charge in [-0.3, -0.25) is 4.79 Å². The fourth-order valence-electron chi connectivity index (χ4n) is 1.21. The molecule has 7 heteroatoms. The molecule has 0 aromatic carbocycles. The summed E-state index contributed by atoms with van der Waals surface area (Å²) in [5, 5.41) is 8.81. The first-order valence-electron chi connectivity index (χ1n) is 4.29. The van der Waals surface area contributed by atoms with Gasteiger partial charge in [0.1, 0.15) is 5.69 Å². The van der Waals surface area contributed by atoms with E-state index < -0.39 is 24.5 Å². The Morgan fingerprint density at radius 2 is 2.25 bits per heavy atom. The number of alkyl halides is 3. The third kappa shape index (κ3) is 2.88. The number of pyridine rings is 1. The fourth-order valence-corrected chi connectivity index (χ4v) is 1.64. The molecule has 88 valence electrons. The summed E-state index contributed by atoms with van der Waals surface area (Å²) in [5.41, 5.74) is 5.68. The Labute approximate surface area is 98.6 Å². The normalized spacial score (nSPS) is 10.8. The van der Waals surface area contributed by atoms with E-state index in [4.69, 9.17) is 10.8 Å². The van der Waals surface area contributed by atoms with Gasteiger partial charge < -0.3 is 10.8 Å². The van der Waals surface area contributed by atoms with Crippen LogP contribution < -0.4 is 5.73 Å². The van der Waals surface area contributed by atoms with Crippen molar-refractivity contribution in [2.45, 2.75) is 18.2 Å². The minimum absolute atomic E-state index is 0.142. The minimum atomic E-state index is -2.74. The summed E-state index contributed by atoms with van der Waals surface area (Å²) in [4.78, 5) is 14.2. The summed E-state index contributed by atoms with van der Waals surface area (Å²) in [7, 11) is 0. The van der Waals surface area contributed by atoms with E-state index in [-0.39, 0.29) is 22.3 Å². The number of halogens is 3. The molecule has 0 atom stereocenters. The SMILES string of the molecule is Nc1c(CC(=O)O)cc(C(F)F)nc1CBr. The Hall–Kier alpha value is -1.24. The lowest BCUT2D eigenvalue weighted by Gasteiger charge is -2.10. The second kappa shape index (κ2) is 5.20. The van der Waals surface area contributed by atoms with Crippen LogP contribution in [0.4, 0.5) is 14.5 Å². The van der Waals surface area contributed by atoms with Gasteiger partial charge in [0.05, 0.1) is 17.8 Å². The summed E-state index contributed by atoms with van der Waals surface area (Å²) in [6.45, 7) is 0. The summed E-state index contributed by atoms with van der Waals surface area (Å²) in [5.74, 6) is -1.13. The Balaban J connectivity index is 3.24. The van der Waals surface area contributed by atoms with Crippen LogP contribution in [0.3, 0.4) is 0 Å². The number of nitrogens with two attached hydrogens (primary N) is 1. The topological polar surface area (TPSA) is 76.2 Å². The van der Waals surface area contributed by atoms with E-state index in [1.165, 1.54) is 0 Å². The quantitative estimate of drug-likeness (QED) is 0.834. The molecule has 0 unspecified atom stereocenters. The first-order valence-corrected chi connectivity index (χ1v) is 5.42. The standard InChI is InChI=1S/C9H9BrF2N2O2/c10-3-6-8(13)4(2-7(15)16)1-5(14-6)9(11)12/h1,9H,2-3,13H2,(H,15,16). The van der Waals surface area contributed by atoms with Crippen LogP contribution in [0, 0.1) is 0 Å². The number of aliphatic carboxylic acids is 1. The monoisotopic (exact) mass is 294 g/mol. The number of carboxylic acids is 1. The van der Waals surface area contributed by atoms with Gasteiger partial charge in [-0.25, -0.2) is 13.8 Å². The van der Waals surface area contributed by atoms with E-state index in [9.17, 15) is 13.6 Å². The van der Waals surface area contributed by atoms with Gasteiger partial charge >= 0.3 is 5.97 Å². The Morgan fingerprint density at radius 3 is 2.69 bits per heavy atom. The molecular weight excluding hydrogens is 286 g/mol. The maximum absolute atomic E-state index is 12.5. The van der Waals surface area contributed by atoms with Crippen molar-refractivity contribution in [3.8, 4) is 0 Å². The van der Waals surface area contributed by atoms with Gasteiger partial charge in [-0.1, -0.05) is 15.9 Å². The number of carboxylic acid groups (broad SMARTS) is 1. The van der Waals surface area contributed by atoms with E-state index in [0.29, 0.717) is 0 Å². The lowest BCUT2D eigenvalue weighted by atomic mass is 10.1. The van der Waals surface area contributed by atoms with Crippen molar-refractivity contribution in [1.29, 1.82) is 0 Å². The zero-order valence-corrected chi connectivity index (χ0v) is 9.67. The molecule has 0 spiro atoms. The van der Waals surface area contributed by atoms with E-state index >= 15 is 0 Å². The van der Waals surface area contributed by atoms with Crippen LogP contribution >= 0.6 is 15.9 Å². The molecule has 0 aliphatic heterocycles. The average Bonchev–Trinajstić information content (AvgIpc) is 2.20. The van der Waals surface area contributed by atoms with Gasteiger partial charge in [-0.2, -0.15) is 0 Å². The van der Waals surface area contributed by atoms with Crippen molar-refractivity contribution in [3.63, 3.8) is 0 Å². The lowest BCUT2D eigenvalue weighted by molar-refractivity contribution is -0.136. The number of anilines is 1. The van der Waals surface area contributed by atoms with Crippen LogP contribution in [-0.2, 0) is 16.5 Å². The molecule has 0 aliphatic rings. The molecule has 0 fully saturated rings. The van der Waals surface area contributed by atoms with Crippen LogP contribution in [0.2, 0.25) is 0 Å². The lowest BCUT2D eigenvalue weighted by Crippen LogP contribution is -2.09. The van der Waals surface area contributed by atoms with Crippen LogP contribution in [-0.4, -0.2) is 16.1 Å². The largest absolute Gasteiger partial charge is 0.481 e. The third-order valence-corrected chi connectivity index (χ3v) is 2.47. The molecule has 16 heavy (non-hydrogen) atoms. The molecule has 0 amide bonds. The maximum atomic E-state index is 12.5. The number of aromatic nitrogens is 1. The number of rotatable bonds is 4. The molecule has 0 aliphatic carbocycles. The molecule has 4 nitrogen and oxygen atoms in total. The Kier molecular flexibility index (Phi) is 4.17. The Morgan fingerprint density at radius 1 is 1.62 bits per heavy atom. The van der Waals surface area contributed by atoms with E-state index in [1.807, 2.05) is 0 Å². The van der Waals surface area contributed by atoms with Gasteiger partial charge in [0.15, 0.2) is 0 Å². The maximum Gasteiger partial charge on any atom is 0.307 e. The molecule has 1 heterocycles. The van der Waals surface area contributed by atoms with E-state index in [2.05, 4.69) is 20.9 Å². The second-order valence-corrected chi connectivity index (χ2v) is 3.63. The van der Waals surface area contributed by atoms with Crippen LogP contribution in [0.5, 0.6) is 0 Å². The average molecular weight is 295 g/mol.